The molecule has 1 aromatic rings. The predicted molar refractivity (Wildman–Crippen MR) is 74.3 cm³/mol. The number of thiazole rings is 1. The Hall–Kier alpha value is -0.410. The molecule has 0 bridgehead atoms. The number of aromatic nitrogens is 1. The second-order valence-corrected chi connectivity index (χ2v) is 5.82. The molecule has 0 spiro atoms. The molecule has 1 fully saturated rings. The Morgan fingerprint density at radius 2 is 2.12 bits per heavy atom. The van der Waals surface area contributed by atoms with Gasteiger partial charge in [0.25, 0.3) is 0 Å². The van der Waals surface area contributed by atoms with Gasteiger partial charge in [0.1, 0.15) is 0 Å². The van der Waals surface area contributed by atoms with Crippen molar-refractivity contribution in [1.82, 2.24) is 10.3 Å². The second-order valence-electron chi connectivity index (χ2n) is 5.10. The second kappa shape index (κ2) is 7.12. The zero-order valence-electron chi connectivity index (χ0n) is 10.8. The van der Waals surface area contributed by atoms with E-state index in [4.69, 9.17) is 0 Å². The zero-order valence-corrected chi connectivity index (χ0v) is 11.6. The van der Waals surface area contributed by atoms with E-state index in [1.807, 2.05) is 5.51 Å². The maximum absolute atomic E-state index is 4.53. The maximum atomic E-state index is 4.53. The number of rotatable bonds is 5. The van der Waals surface area contributed by atoms with Gasteiger partial charge in [-0.3, -0.25) is 0 Å². The van der Waals surface area contributed by atoms with Crippen molar-refractivity contribution in [2.45, 2.75) is 57.9 Å². The van der Waals surface area contributed by atoms with Crippen LogP contribution in [-0.4, -0.2) is 11.5 Å². The molecule has 1 heterocycles. The Bertz CT molecular complexity index is 289. The molecule has 2 nitrogen and oxygen atoms in total. The summed E-state index contributed by atoms with van der Waals surface area (Å²) in [6, 6.07) is 0.499. The largest absolute Gasteiger partial charge is 0.308 e. The van der Waals surface area contributed by atoms with Crippen LogP contribution in [0.25, 0.3) is 0 Å². The molecule has 2 rings (SSSR count). The molecule has 1 aliphatic carbocycles. The van der Waals surface area contributed by atoms with Crippen molar-refractivity contribution in [3.05, 3.63) is 16.6 Å². The van der Waals surface area contributed by atoms with Crippen LogP contribution < -0.4 is 5.32 Å². The first kappa shape index (κ1) is 13.0. The highest BCUT2D eigenvalue weighted by molar-refractivity contribution is 7.07. The van der Waals surface area contributed by atoms with Gasteiger partial charge in [-0.15, -0.1) is 11.3 Å². The molecule has 1 saturated carbocycles. The highest BCUT2D eigenvalue weighted by atomic mass is 32.1. The monoisotopic (exact) mass is 252 g/mol. The standard InChI is InChI=1S/C14H24N2S/c1-2-9-15-14(13-10-17-11-16-13)12-7-5-3-4-6-8-12/h10-12,14-15H,2-9H2,1H3. The summed E-state index contributed by atoms with van der Waals surface area (Å²) in [6.45, 7) is 3.34. The van der Waals surface area contributed by atoms with Crippen molar-refractivity contribution in [1.29, 1.82) is 0 Å². The first-order chi connectivity index (χ1) is 8.42. The maximum Gasteiger partial charge on any atom is 0.0795 e. The molecule has 1 atom stereocenters. The van der Waals surface area contributed by atoms with Gasteiger partial charge in [-0.05, 0) is 31.7 Å². The van der Waals surface area contributed by atoms with E-state index < -0.39 is 0 Å². The van der Waals surface area contributed by atoms with Gasteiger partial charge in [-0.2, -0.15) is 0 Å². The Kier molecular flexibility index (Phi) is 5.46. The fraction of sp³-hybridized carbons (Fsp3) is 0.786. The molecule has 0 aliphatic heterocycles. The van der Waals surface area contributed by atoms with Crippen LogP contribution in [0.2, 0.25) is 0 Å². The van der Waals surface area contributed by atoms with Crippen LogP contribution in [0.4, 0.5) is 0 Å². The normalized spacial score (nSPS) is 20.1. The Balaban J connectivity index is 2.02. The Labute approximate surface area is 109 Å². The van der Waals surface area contributed by atoms with E-state index in [1.54, 1.807) is 11.3 Å². The molecule has 1 aliphatic rings. The molecule has 96 valence electrons. The van der Waals surface area contributed by atoms with E-state index >= 15 is 0 Å². The summed E-state index contributed by atoms with van der Waals surface area (Å²) in [6.07, 6.45) is 9.60. The molecule has 1 aromatic heterocycles. The lowest BCUT2D eigenvalue weighted by molar-refractivity contribution is 0.321. The van der Waals surface area contributed by atoms with E-state index in [9.17, 15) is 0 Å². The number of hydrogen-bond donors (Lipinski definition) is 1. The summed E-state index contributed by atoms with van der Waals surface area (Å²) in [5.74, 6) is 0.797. The molecule has 1 N–H and O–H groups in total. The summed E-state index contributed by atoms with van der Waals surface area (Å²) in [7, 11) is 0. The molecule has 0 aromatic carbocycles. The van der Waals surface area contributed by atoms with Gasteiger partial charge in [0.05, 0.1) is 17.2 Å². The summed E-state index contributed by atoms with van der Waals surface area (Å²) in [4.78, 5) is 4.53. The fourth-order valence-corrected chi connectivity index (χ4v) is 3.42. The van der Waals surface area contributed by atoms with E-state index in [1.165, 1.54) is 50.6 Å². The van der Waals surface area contributed by atoms with E-state index in [2.05, 4.69) is 22.6 Å². The van der Waals surface area contributed by atoms with Crippen molar-refractivity contribution >= 4 is 11.3 Å². The average molecular weight is 252 g/mol. The molecule has 0 amide bonds. The topological polar surface area (TPSA) is 24.9 Å². The molecular weight excluding hydrogens is 228 g/mol. The molecular formula is C14H24N2S. The van der Waals surface area contributed by atoms with Gasteiger partial charge in [0, 0.05) is 5.38 Å². The third-order valence-corrected chi connectivity index (χ3v) is 4.36. The van der Waals surface area contributed by atoms with Gasteiger partial charge in [-0.1, -0.05) is 32.6 Å². The fourth-order valence-electron chi connectivity index (χ4n) is 2.83. The molecule has 0 saturated heterocycles. The third kappa shape index (κ3) is 3.78. The van der Waals surface area contributed by atoms with Crippen LogP contribution in [-0.2, 0) is 0 Å². The first-order valence-electron chi connectivity index (χ1n) is 7.03. The van der Waals surface area contributed by atoms with Gasteiger partial charge in [-0.25, -0.2) is 4.98 Å². The third-order valence-electron chi connectivity index (χ3n) is 3.76. The van der Waals surface area contributed by atoms with Crippen LogP contribution in [0.1, 0.15) is 63.6 Å². The highest BCUT2D eigenvalue weighted by Gasteiger charge is 2.24. The van der Waals surface area contributed by atoms with Crippen molar-refractivity contribution in [3.63, 3.8) is 0 Å². The van der Waals surface area contributed by atoms with Crippen molar-refractivity contribution in [2.75, 3.05) is 6.54 Å². The minimum atomic E-state index is 0.499. The van der Waals surface area contributed by atoms with E-state index in [0.29, 0.717) is 6.04 Å². The number of nitrogens with zero attached hydrogens (tertiary/aromatic N) is 1. The minimum Gasteiger partial charge on any atom is -0.308 e. The van der Waals surface area contributed by atoms with Crippen molar-refractivity contribution in [3.8, 4) is 0 Å². The van der Waals surface area contributed by atoms with Gasteiger partial charge in [0.15, 0.2) is 0 Å². The lowest BCUT2D eigenvalue weighted by Gasteiger charge is -2.26. The molecule has 1 unspecified atom stereocenters. The molecule has 17 heavy (non-hydrogen) atoms. The summed E-state index contributed by atoms with van der Waals surface area (Å²) in [5.41, 5.74) is 3.24. The molecule has 3 heteroatoms. The summed E-state index contributed by atoms with van der Waals surface area (Å²) in [5, 5.41) is 5.93. The smallest absolute Gasteiger partial charge is 0.0795 e. The van der Waals surface area contributed by atoms with Gasteiger partial charge < -0.3 is 5.32 Å². The number of nitrogens with one attached hydrogen (secondary N) is 1. The number of hydrogen-bond acceptors (Lipinski definition) is 3. The highest BCUT2D eigenvalue weighted by Crippen LogP contribution is 2.33. The van der Waals surface area contributed by atoms with Crippen molar-refractivity contribution < 1.29 is 0 Å². The lowest BCUT2D eigenvalue weighted by Crippen LogP contribution is -2.29. The van der Waals surface area contributed by atoms with Gasteiger partial charge in [0.2, 0.25) is 0 Å². The minimum absolute atomic E-state index is 0.499. The van der Waals surface area contributed by atoms with Crippen LogP contribution in [0.3, 0.4) is 0 Å². The van der Waals surface area contributed by atoms with Crippen LogP contribution in [0, 0.1) is 5.92 Å². The van der Waals surface area contributed by atoms with Crippen LogP contribution >= 0.6 is 11.3 Å². The van der Waals surface area contributed by atoms with Crippen LogP contribution in [0.5, 0.6) is 0 Å². The first-order valence-corrected chi connectivity index (χ1v) is 7.97. The van der Waals surface area contributed by atoms with E-state index in [0.717, 1.165) is 12.5 Å². The zero-order chi connectivity index (χ0) is 11.9. The van der Waals surface area contributed by atoms with Gasteiger partial charge >= 0.3 is 0 Å². The quantitative estimate of drug-likeness (QED) is 0.796. The lowest BCUT2D eigenvalue weighted by atomic mass is 9.90. The Morgan fingerprint density at radius 1 is 1.35 bits per heavy atom. The Morgan fingerprint density at radius 3 is 2.71 bits per heavy atom. The summed E-state index contributed by atoms with van der Waals surface area (Å²) < 4.78 is 0. The average Bonchev–Trinajstić information content (AvgIpc) is 2.73. The van der Waals surface area contributed by atoms with Crippen LogP contribution in [0.15, 0.2) is 10.9 Å². The van der Waals surface area contributed by atoms with Crippen molar-refractivity contribution in [2.24, 2.45) is 5.92 Å². The molecule has 0 radical (unpaired) electrons. The predicted octanol–water partition coefficient (Wildman–Crippen LogP) is 4.15. The SMILES string of the molecule is CCCNC(c1cscn1)C1CCCCCC1. The summed E-state index contributed by atoms with van der Waals surface area (Å²) >= 11 is 1.72. The van der Waals surface area contributed by atoms with E-state index in [-0.39, 0.29) is 0 Å².